The second-order valence-corrected chi connectivity index (χ2v) is 3.79. The zero-order chi connectivity index (χ0) is 10.6. The van der Waals surface area contributed by atoms with Crippen LogP contribution in [0.5, 0.6) is 0 Å². The van der Waals surface area contributed by atoms with Gasteiger partial charge in [0.2, 0.25) is 0 Å². The Hall–Kier alpha value is -0.960. The Morgan fingerprint density at radius 1 is 1.50 bits per heavy atom. The van der Waals surface area contributed by atoms with Gasteiger partial charge < -0.3 is 4.90 Å². The summed E-state index contributed by atoms with van der Waals surface area (Å²) in [7, 11) is 1.82. The van der Waals surface area contributed by atoms with Crippen molar-refractivity contribution in [2.45, 2.75) is 18.2 Å². The molecule has 0 N–H and O–H groups in total. The highest BCUT2D eigenvalue weighted by molar-refractivity contribution is 7.80. The Bertz CT molecular complexity index is 325. The molecule has 0 aliphatic carbocycles. The van der Waals surface area contributed by atoms with E-state index in [9.17, 15) is 4.79 Å². The highest BCUT2D eigenvalue weighted by Crippen LogP contribution is 2.10. The molecule has 1 aromatic carbocycles. The monoisotopic (exact) mass is 209 g/mol. The van der Waals surface area contributed by atoms with Crippen LogP contribution in [-0.4, -0.2) is 24.4 Å². The van der Waals surface area contributed by atoms with Gasteiger partial charge in [0, 0.05) is 24.1 Å². The quantitative estimate of drug-likeness (QED) is 0.758. The van der Waals surface area contributed by atoms with E-state index in [4.69, 9.17) is 0 Å². The molecule has 0 atom stereocenters. The van der Waals surface area contributed by atoms with Gasteiger partial charge in [-0.1, -0.05) is 13.0 Å². The standard InChI is InChI=1S/C11H15NOS/c1-3-7-12(2)11(13)9-5-4-6-10(14)8-9/h4-6,8,14H,3,7H2,1-2H3. The fourth-order valence-corrected chi connectivity index (χ4v) is 1.52. The smallest absolute Gasteiger partial charge is 0.253 e. The Labute approximate surface area is 90.3 Å². The first-order valence-corrected chi connectivity index (χ1v) is 5.14. The lowest BCUT2D eigenvalue weighted by atomic mass is 10.2. The largest absolute Gasteiger partial charge is 0.342 e. The number of thiol groups is 1. The predicted molar refractivity (Wildman–Crippen MR) is 60.9 cm³/mol. The number of hydrogen-bond acceptors (Lipinski definition) is 2. The van der Waals surface area contributed by atoms with Gasteiger partial charge in [0.15, 0.2) is 0 Å². The SMILES string of the molecule is CCCN(C)C(=O)c1cccc(S)c1. The molecule has 3 heteroatoms. The molecule has 1 aromatic rings. The third-order valence-electron chi connectivity index (χ3n) is 2.00. The van der Waals surface area contributed by atoms with Crippen molar-refractivity contribution in [3.8, 4) is 0 Å². The van der Waals surface area contributed by atoms with Gasteiger partial charge in [0.25, 0.3) is 5.91 Å². The number of hydrogen-bond donors (Lipinski definition) is 1. The minimum Gasteiger partial charge on any atom is -0.342 e. The second kappa shape index (κ2) is 5.05. The molecule has 0 spiro atoms. The summed E-state index contributed by atoms with van der Waals surface area (Å²) in [6.45, 7) is 2.84. The van der Waals surface area contributed by atoms with Gasteiger partial charge in [-0.05, 0) is 24.6 Å². The van der Waals surface area contributed by atoms with Crippen LogP contribution in [-0.2, 0) is 0 Å². The average Bonchev–Trinajstić information content (AvgIpc) is 2.17. The van der Waals surface area contributed by atoms with Crippen molar-refractivity contribution in [3.63, 3.8) is 0 Å². The summed E-state index contributed by atoms with van der Waals surface area (Å²) in [6.07, 6.45) is 0.975. The van der Waals surface area contributed by atoms with Crippen LogP contribution in [0.3, 0.4) is 0 Å². The Morgan fingerprint density at radius 3 is 2.79 bits per heavy atom. The second-order valence-electron chi connectivity index (χ2n) is 3.28. The van der Waals surface area contributed by atoms with E-state index in [1.54, 1.807) is 11.0 Å². The van der Waals surface area contributed by atoms with Gasteiger partial charge in [-0.3, -0.25) is 4.79 Å². The number of carbonyl (C=O) groups excluding carboxylic acids is 1. The number of nitrogens with zero attached hydrogens (tertiary/aromatic N) is 1. The molecular weight excluding hydrogens is 194 g/mol. The number of rotatable bonds is 3. The van der Waals surface area contributed by atoms with Crippen LogP contribution in [0, 0.1) is 0 Å². The molecule has 2 nitrogen and oxygen atoms in total. The summed E-state index contributed by atoms with van der Waals surface area (Å²) in [5.74, 6) is 0.0581. The first-order chi connectivity index (χ1) is 6.65. The fourth-order valence-electron chi connectivity index (χ4n) is 1.30. The molecule has 1 rings (SSSR count). The normalized spacial score (nSPS) is 9.93. The van der Waals surface area contributed by atoms with Crippen molar-refractivity contribution in [2.24, 2.45) is 0 Å². The maximum Gasteiger partial charge on any atom is 0.253 e. The topological polar surface area (TPSA) is 20.3 Å². The molecule has 0 aliphatic heterocycles. The summed E-state index contributed by atoms with van der Waals surface area (Å²) in [5.41, 5.74) is 0.702. The van der Waals surface area contributed by atoms with Gasteiger partial charge in [0.1, 0.15) is 0 Å². The average molecular weight is 209 g/mol. The maximum absolute atomic E-state index is 11.8. The lowest BCUT2D eigenvalue weighted by Gasteiger charge is -2.15. The highest BCUT2D eigenvalue weighted by atomic mass is 32.1. The lowest BCUT2D eigenvalue weighted by Crippen LogP contribution is -2.27. The number of amides is 1. The minimum absolute atomic E-state index is 0.0581. The summed E-state index contributed by atoms with van der Waals surface area (Å²) >= 11 is 4.20. The predicted octanol–water partition coefficient (Wildman–Crippen LogP) is 2.46. The molecule has 14 heavy (non-hydrogen) atoms. The van der Waals surface area contributed by atoms with E-state index in [0.29, 0.717) is 5.56 Å². The lowest BCUT2D eigenvalue weighted by molar-refractivity contribution is 0.0795. The van der Waals surface area contributed by atoms with Gasteiger partial charge in [-0.25, -0.2) is 0 Å². The summed E-state index contributed by atoms with van der Waals surface area (Å²) < 4.78 is 0. The first kappa shape index (κ1) is 11.1. The van der Waals surface area contributed by atoms with Crippen LogP contribution in [0.1, 0.15) is 23.7 Å². The van der Waals surface area contributed by atoms with Crippen LogP contribution in [0.25, 0.3) is 0 Å². The minimum atomic E-state index is 0.0581. The number of carbonyl (C=O) groups is 1. The molecule has 0 saturated carbocycles. The molecule has 0 radical (unpaired) electrons. The van der Waals surface area contributed by atoms with Gasteiger partial charge >= 0.3 is 0 Å². The first-order valence-electron chi connectivity index (χ1n) is 4.69. The van der Waals surface area contributed by atoms with Crippen LogP contribution in [0.15, 0.2) is 29.2 Å². The molecule has 0 bridgehead atoms. The van der Waals surface area contributed by atoms with E-state index in [-0.39, 0.29) is 5.91 Å². The van der Waals surface area contributed by atoms with E-state index in [1.165, 1.54) is 0 Å². The third-order valence-corrected chi connectivity index (χ3v) is 2.28. The summed E-state index contributed by atoms with van der Waals surface area (Å²) in [4.78, 5) is 14.3. The van der Waals surface area contributed by atoms with Crippen molar-refractivity contribution in [1.82, 2.24) is 4.90 Å². The van der Waals surface area contributed by atoms with Crippen LogP contribution < -0.4 is 0 Å². The maximum atomic E-state index is 11.8. The zero-order valence-electron chi connectivity index (χ0n) is 8.53. The van der Waals surface area contributed by atoms with Crippen molar-refractivity contribution >= 4 is 18.5 Å². The van der Waals surface area contributed by atoms with Crippen LogP contribution in [0.4, 0.5) is 0 Å². The van der Waals surface area contributed by atoms with E-state index < -0.39 is 0 Å². The van der Waals surface area contributed by atoms with Crippen molar-refractivity contribution < 1.29 is 4.79 Å². The molecule has 0 heterocycles. The van der Waals surface area contributed by atoms with Crippen LogP contribution >= 0.6 is 12.6 Å². The van der Waals surface area contributed by atoms with Crippen molar-refractivity contribution in [2.75, 3.05) is 13.6 Å². The third kappa shape index (κ3) is 2.77. The van der Waals surface area contributed by atoms with Gasteiger partial charge in [-0.2, -0.15) is 0 Å². The molecule has 0 aliphatic rings. The Morgan fingerprint density at radius 2 is 2.21 bits per heavy atom. The van der Waals surface area contributed by atoms with E-state index in [0.717, 1.165) is 17.9 Å². The highest BCUT2D eigenvalue weighted by Gasteiger charge is 2.09. The van der Waals surface area contributed by atoms with Crippen LogP contribution in [0.2, 0.25) is 0 Å². The Balaban J connectivity index is 2.78. The number of benzene rings is 1. The molecule has 0 saturated heterocycles. The van der Waals surface area contributed by atoms with Gasteiger partial charge in [0.05, 0.1) is 0 Å². The molecule has 1 amide bonds. The molecule has 0 aromatic heterocycles. The summed E-state index contributed by atoms with van der Waals surface area (Å²) in [6, 6.07) is 7.31. The van der Waals surface area contributed by atoms with E-state index >= 15 is 0 Å². The van der Waals surface area contributed by atoms with E-state index in [2.05, 4.69) is 19.6 Å². The Kier molecular flexibility index (Phi) is 4.01. The molecule has 76 valence electrons. The van der Waals surface area contributed by atoms with E-state index in [1.807, 2.05) is 25.2 Å². The zero-order valence-corrected chi connectivity index (χ0v) is 9.42. The fraction of sp³-hybridized carbons (Fsp3) is 0.364. The summed E-state index contributed by atoms with van der Waals surface area (Å²) in [5, 5.41) is 0. The van der Waals surface area contributed by atoms with Crippen molar-refractivity contribution in [1.29, 1.82) is 0 Å². The molecule has 0 unspecified atom stereocenters. The van der Waals surface area contributed by atoms with Gasteiger partial charge in [-0.15, -0.1) is 12.6 Å². The molecule has 0 fully saturated rings. The van der Waals surface area contributed by atoms with Crippen molar-refractivity contribution in [3.05, 3.63) is 29.8 Å². The molecular formula is C11H15NOS.